The van der Waals surface area contributed by atoms with Crippen LogP contribution in [-0.2, 0) is 0 Å². The highest BCUT2D eigenvalue weighted by atomic mass is 32.1. The lowest BCUT2D eigenvalue weighted by Gasteiger charge is -2.16. The van der Waals surface area contributed by atoms with Crippen LogP contribution in [0.3, 0.4) is 0 Å². The van der Waals surface area contributed by atoms with Gasteiger partial charge in [-0.1, -0.05) is 30.3 Å². The van der Waals surface area contributed by atoms with Gasteiger partial charge in [0, 0.05) is 5.38 Å². The van der Waals surface area contributed by atoms with Crippen molar-refractivity contribution < 1.29 is 9.90 Å². The molecule has 0 spiro atoms. The summed E-state index contributed by atoms with van der Waals surface area (Å²) < 4.78 is 4.06. The van der Waals surface area contributed by atoms with Crippen molar-refractivity contribution in [3.05, 3.63) is 52.5 Å². The maximum absolute atomic E-state index is 12.0. The van der Waals surface area contributed by atoms with Gasteiger partial charge in [-0.2, -0.15) is 4.37 Å². The molecule has 1 aromatic heterocycles. The first-order valence-corrected chi connectivity index (χ1v) is 6.43. The van der Waals surface area contributed by atoms with Crippen molar-refractivity contribution in [1.29, 1.82) is 0 Å². The van der Waals surface area contributed by atoms with E-state index in [-0.39, 0.29) is 12.5 Å². The Morgan fingerprint density at radius 3 is 2.72 bits per heavy atom. The third kappa shape index (κ3) is 2.75. The van der Waals surface area contributed by atoms with Gasteiger partial charge in [-0.15, -0.1) is 0 Å². The number of aryl methyl sites for hydroxylation is 1. The number of nitrogens with one attached hydrogen (secondary N) is 1. The van der Waals surface area contributed by atoms with Crippen molar-refractivity contribution >= 4 is 17.4 Å². The van der Waals surface area contributed by atoms with Crippen LogP contribution in [0.25, 0.3) is 0 Å². The second-order valence-electron chi connectivity index (χ2n) is 3.93. The number of nitrogens with zero attached hydrogens (tertiary/aromatic N) is 1. The van der Waals surface area contributed by atoms with E-state index >= 15 is 0 Å². The molecule has 0 saturated carbocycles. The summed E-state index contributed by atoms with van der Waals surface area (Å²) >= 11 is 1.25. The van der Waals surface area contributed by atoms with Gasteiger partial charge in [-0.25, -0.2) is 0 Å². The highest BCUT2D eigenvalue weighted by molar-refractivity contribution is 7.03. The normalized spacial score (nSPS) is 12.1. The van der Waals surface area contributed by atoms with Crippen molar-refractivity contribution in [3.63, 3.8) is 0 Å². The van der Waals surface area contributed by atoms with Gasteiger partial charge in [0.05, 0.1) is 23.9 Å². The number of benzene rings is 1. The molecule has 5 heteroatoms. The predicted octanol–water partition coefficient (Wildman–Crippen LogP) is 1.91. The van der Waals surface area contributed by atoms with E-state index in [4.69, 9.17) is 0 Å². The Balaban J connectivity index is 2.13. The summed E-state index contributed by atoms with van der Waals surface area (Å²) in [5.41, 5.74) is 2.16. The number of rotatable bonds is 4. The topological polar surface area (TPSA) is 62.2 Å². The Bertz CT molecular complexity index is 525. The van der Waals surface area contributed by atoms with E-state index < -0.39 is 6.04 Å². The minimum Gasteiger partial charge on any atom is -0.394 e. The van der Waals surface area contributed by atoms with E-state index in [9.17, 15) is 9.90 Å². The number of carbonyl (C=O) groups excluding carboxylic acids is 1. The Morgan fingerprint density at radius 1 is 1.44 bits per heavy atom. The average molecular weight is 262 g/mol. The first kappa shape index (κ1) is 12.7. The standard InChI is InChI=1S/C13H14N2O2S/c1-9-11(8-18-15-9)13(17)14-12(7-16)10-5-3-2-4-6-10/h2-6,8,12,16H,7H2,1H3,(H,14,17). The summed E-state index contributed by atoms with van der Waals surface area (Å²) in [6, 6.07) is 9.01. The van der Waals surface area contributed by atoms with Crippen molar-refractivity contribution in [1.82, 2.24) is 9.69 Å². The van der Waals surface area contributed by atoms with Crippen LogP contribution < -0.4 is 5.32 Å². The Morgan fingerprint density at radius 2 is 2.17 bits per heavy atom. The molecule has 4 nitrogen and oxygen atoms in total. The molecule has 0 aliphatic carbocycles. The average Bonchev–Trinajstić information content (AvgIpc) is 2.83. The van der Waals surface area contributed by atoms with Gasteiger partial charge in [0.1, 0.15) is 0 Å². The van der Waals surface area contributed by atoms with Gasteiger partial charge >= 0.3 is 0 Å². The summed E-state index contributed by atoms with van der Waals surface area (Å²) in [4.78, 5) is 12.0. The maximum atomic E-state index is 12.0. The zero-order valence-electron chi connectivity index (χ0n) is 9.96. The molecule has 1 unspecified atom stereocenters. The van der Waals surface area contributed by atoms with E-state index in [1.54, 1.807) is 12.3 Å². The summed E-state index contributed by atoms with van der Waals surface area (Å²) in [7, 11) is 0. The molecule has 1 heterocycles. The van der Waals surface area contributed by atoms with Crippen LogP contribution in [0.2, 0.25) is 0 Å². The highest BCUT2D eigenvalue weighted by Crippen LogP contribution is 2.14. The first-order valence-electron chi connectivity index (χ1n) is 5.60. The van der Waals surface area contributed by atoms with Crippen LogP contribution in [0, 0.1) is 6.92 Å². The SMILES string of the molecule is Cc1nscc1C(=O)NC(CO)c1ccccc1. The van der Waals surface area contributed by atoms with Gasteiger partial charge in [0.2, 0.25) is 0 Å². The summed E-state index contributed by atoms with van der Waals surface area (Å²) in [6.45, 7) is 1.66. The molecule has 2 rings (SSSR count). The van der Waals surface area contributed by atoms with E-state index in [0.717, 1.165) is 5.56 Å². The maximum Gasteiger partial charge on any atom is 0.254 e. The molecule has 2 aromatic rings. The second-order valence-corrected chi connectivity index (χ2v) is 4.56. The van der Waals surface area contributed by atoms with Gasteiger partial charge in [-0.3, -0.25) is 4.79 Å². The number of aromatic nitrogens is 1. The molecule has 0 saturated heterocycles. The van der Waals surface area contributed by atoms with Crippen molar-refractivity contribution in [2.24, 2.45) is 0 Å². The zero-order valence-corrected chi connectivity index (χ0v) is 10.8. The van der Waals surface area contributed by atoms with Gasteiger partial charge < -0.3 is 10.4 Å². The van der Waals surface area contributed by atoms with Gasteiger partial charge in [-0.05, 0) is 24.0 Å². The number of aliphatic hydroxyl groups excluding tert-OH is 1. The molecule has 1 amide bonds. The second kappa shape index (κ2) is 5.75. The van der Waals surface area contributed by atoms with E-state index in [1.807, 2.05) is 30.3 Å². The summed E-state index contributed by atoms with van der Waals surface area (Å²) in [5, 5.41) is 13.9. The lowest BCUT2D eigenvalue weighted by molar-refractivity contribution is 0.0916. The molecule has 2 N–H and O–H groups in total. The molecular weight excluding hydrogens is 248 g/mol. The predicted molar refractivity (Wildman–Crippen MR) is 70.6 cm³/mol. The molecule has 94 valence electrons. The smallest absolute Gasteiger partial charge is 0.254 e. The number of carbonyl (C=O) groups is 1. The van der Waals surface area contributed by atoms with Crippen LogP contribution in [0.4, 0.5) is 0 Å². The Labute approximate surface area is 109 Å². The summed E-state index contributed by atoms with van der Waals surface area (Å²) in [6.07, 6.45) is 0. The Kier molecular flexibility index (Phi) is 4.07. The molecule has 1 atom stereocenters. The molecule has 0 aliphatic rings. The molecule has 0 fully saturated rings. The van der Waals surface area contributed by atoms with Crippen LogP contribution in [0.15, 0.2) is 35.7 Å². The van der Waals surface area contributed by atoms with E-state index in [1.165, 1.54) is 11.5 Å². The van der Waals surface area contributed by atoms with Crippen LogP contribution >= 0.6 is 11.5 Å². The third-order valence-corrected chi connectivity index (χ3v) is 3.40. The van der Waals surface area contributed by atoms with Crippen molar-refractivity contribution in [3.8, 4) is 0 Å². The number of hydrogen-bond acceptors (Lipinski definition) is 4. The first-order chi connectivity index (χ1) is 8.72. The fourth-order valence-electron chi connectivity index (χ4n) is 1.67. The minimum atomic E-state index is -0.391. The third-order valence-electron chi connectivity index (χ3n) is 2.68. The number of hydrogen-bond donors (Lipinski definition) is 2. The molecule has 18 heavy (non-hydrogen) atoms. The quantitative estimate of drug-likeness (QED) is 0.884. The largest absolute Gasteiger partial charge is 0.394 e. The van der Waals surface area contributed by atoms with Gasteiger partial charge in [0.25, 0.3) is 5.91 Å². The van der Waals surface area contributed by atoms with E-state index in [0.29, 0.717) is 11.3 Å². The lowest BCUT2D eigenvalue weighted by Crippen LogP contribution is -2.30. The molecule has 0 radical (unpaired) electrons. The van der Waals surface area contributed by atoms with Crippen molar-refractivity contribution in [2.45, 2.75) is 13.0 Å². The monoisotopic (exact) mass is 262 g/mol. The lowest BCUT2D eigenvalue weighted by atomic mass is 10.1. The Hall–Kier alpha value is -1.72. The molecular formula is C13H14N2O2S. The number of aliphatic hydroxyl groups is 1. The molecule has 0 aliphatic heterocycles. The highest BCUT2D eigenvalue weighted by Gasteiger charge is 2.17. The fourth-order valence-corrected chi connectivity index (χ4v) is 2.36. The van der Waals surface area contributed by atoms with E-state index in [2.05, 4.69) is 9.69 Å². The molecule has 1 aromatic carbocycles. The number of amides is 1. The van der Waals surface area contributed by atoms with Crippen LogP contribution in [0.5, 0.6) is 0 Å². The zero-order chi connectivity index (χ0) is 13.0. The van der Waals surface area contributed by atoms with Crippen molar-refractivity contribution in [2.75, 3.05) is 6.61 Å². The summed E-state index contributed by atoms with van der Waals surface area (Å²) in [5.74, 6) is -0.204. The van der Waals surface area contributed by atoms with Gasteiger partial charge in [0.15, 0.2) is 0 Å². The van der Waals surface area contributed by atoms with Crippen LogP contribution in [-0.4, -0.2) is 22.0 Å². The minimum absolute atomic E-state index is 0.133. The molecule has 0 bridgehead atoms. The van der Waals surface area contributed by atoms with Crippen LogP contribution in [0.1, 0.15) is 27.7 Å². The fraction of sp³-hybridized carbons (Fsp3) is 0.231.